The van der Waals surface area contributed by atoms with Crippen molar-refractivity contribution in [2.45, 2.75) is 11.8 Å². The zero-order valence-corrected chi connectivity index (χ0v) is 12.8. The molecule has 0 amide bonds. The van der Waals surface area contributed by atoms with Crippen LogP contribution in [-0.2, 0) is 14.8 Å². The number of rotatable bonds is 5. The summed E-state index contributed by atoms with van der Waals surface area (Å²) in [5.74, 6) is -3.53. The molecule has 0 aromatic heterocycles. The van der Waals surface area contributed by atoms with E-state index in [9.17, 15) is 22.0 Å². The van der Waals surface area contributed by atoms with Gasteiger partial charge in [-0.15, -0.1) is 0 Å². The van der Waals surface area contributed by atoms with Crippen molar-refractivity contribution in [2.24, 2.45) is 0 Å². The maximum Gasteiger partial charge on any atom is 0.324 e. The van der Waals surface area contributed by atoms with Crippen molar-refractivity contribution in [3.05, 3.63) is 59.7 Å². The minimum Gasteiger partial charge on any atom is -0.480 e. The Bertz CT molecular complexity index is 835. The third-order valence-electron chi connectivity index (χ3n) is 3.07. The first-order valence-electron chi connectivity index (χ1n) is 6.48. The van der Waals surface area contributed by atoms with Crippen molar-refractivity contribution in [1.29, 1.82) is 0 Å². The number of aryl methyl sites for hydroxylation is 1. The second-order valence-corrected chi connectivity index (χ2v) is 6.68. The number of carboxylic acid groups (broad SMARTS) is 1. The van der Waals surface area contributed by atoms with Gasteiger partial charge in [0, 0.05) is 6.07 Å². The summed E-state index contributed by atoms with van der Waals surface area (Å²) in [6.45, 7) is 0.768. The Kier molecular flexibility index (Phi) is 4.65. The fourth-order valence-electron chi connectivity index (χ4n) is 1.94. The van der Waals surface area contributed by atoms with Crippen molar-refractivity contribution in [3.63, 3.8) is 0 Å². The predicted molar refractivity (Wildman–Crippen MR) is 79.7 cm³/mol. The lowest BCUT2D eigenvalue weighted by Crippen LogP contribution is -2.36. The Balaban J connectivity index is 2.57. The molecule has 23 heavy (non-hydrogen) atoms. The van der Waals surface area contributed by atoms with Gasteiger partial charge in [0.15, 0.2) is 0 Å². The number of carboxylic acids is 1. The largest absolute Gasteiger partial charge is 0.480 e. The maximum absolute atomic E-state index is 13.9. The molecule has 0 saturated carbocycles. The van der Waals surface area contributed by atoms with Gasteiger partial charge in [0.2, 0.25) is 0 Å². The molecule has 0 spiro atoms. The van der Waals surface area contributed by atoms with Crippen LogP contribution < -0.4 is 4.31 Å². The van der Waals surface area contributed by atoms with Crippen LogP contribution in [0.4, 0.5) is 14.5 Å². The number of anilines is 1. The fourth-order valence-corrected chi connectivity index (χ4v) is 3.37. The van der Waals surface area contributed by atoms with Crippen molar-refractivity contribution in [3.8, 4) is 0 Å². The lowest BCUT2D eigenvalue weighted by atomic mass is 10.2. The molecule has 2 aromatic carbocycles. The Morgan fingerprint density at radius 3 is 2.26 bits per heavy atom. The van der Waals surface area contributed by atoms with E-state index in [1.807, 2.05) is 0 Å². The van der Waals surface area contributed by atoms with E-state index in [0.717, 1.165) is 17.7 Å². The highest BCUT2D eigenvalue weighted by molar-refractivity contribution is 7.92. The molecule has 0 heterocycles. The van der Waals surface area contributed by atoms with Crippen molar-refractivity contribution >= 4 is 21.7 Å². The van der Waals surface area contributed by atoms with Gasteiger partial charge in [-0.25, -0.2) is 17.2 Å². The Labute approximate surface area is 131 Å². The maximum atomic E-state index is 13.9. The van der Waals surface area contributed by atoms with E-state index in [0.29, 0.717) is 10.4 Å². The van der Waals surface area contributed by atoms with E-state index < -0.39 is 39.9 Å². The molecule has 0 fully saturated rings. The molecule has 0 bridgehead atoms. The van der Waals surface area contributed by atoms with Gasteiger partial charge in [0.25, 0.3) is 10.0 Å². The predicted octanol–water partition coefficient (Wildman–Crippen LogP) is 2.55. The summed E-state index contributed by atoms with van der Waals surface area (Å²) in [5.41, 5.74) is 0.274. The average molecular weight is 341 g/mol. The highest BCUT2D eigenvalue weighted by Crippen LogP contribution is 2.26. The number of hydrogen-bond acceptors (Lipinski definition) is 3. The number of halogens is 2. The summed E-state index contributed by atoms with van der Waals surface area (Å²) < 4.78 is 52.6. The van der Waals surface area contributed by atoms with Gasteiger partial charge in [-0.3, -0.25) is 9.10 Å². The van der Waals surface area contributed by atoms with Crippen LogP contribution in [0.5, 0.6) is 0 Å². The van der Waals surface area contributed by atoms with E-state index in [-0.39, 0.29) is 4.90 Å². The van der Waals surface area contributed by atoms with Crippen molar-refractivity contribution < 1.29 is 27.1 Å². The average Bonchev–Trinajstić information content (AvgIpc) is 2.45. The van der Waals surface area contributed by atoms with Gasteiger partial charge in [0.1, 0.15) is 18.2 Å². The Hall–Kier alpha value is -2.48. The molecule has 0 unspecified atom stereocenters. The Morgan fingerprint density at radius 2 is 1.74 bits per heavy atom. The van der Waals surface area contributed by atoms with Crippen molar-refractivity contribution in [2.75, 3.05) is 10.8 Å². The van der Waals surface area contributed by atoms with E-state index >= 15 is 0 Å². The lowest BCUT2D eigenvalue weighted by Gasteiger charge is -2.23. The first kappa shape index (κ1) is 16.9. The van der Waals surface area contributed by atoms with Gasteiger partial charge < -0.3 is 5.11 Å². The molecule has 0 saturated heterocycles. The molecule has 0 aliphatic carbocycles. The van der Waals surface area contributed by atoms with E-state index in [1.54, 1.807) is 6.92 Å². The number of hydrogen-bond donors (Lipinski definition) is 1. The molecule has 1 N–H and O–H groups in total. The van der Waals surface area contributed by atoms with Gasteiger partial charge >= 0.3 is 5.97 Å². The summed E-state index contributed by atoms with van der Waals surface area (Å²) in [5, 5.41) is 8.94. The summed E-state index contributed by atoms with van der Waals surface area (Å²) in [4.78, 5) is 10.8. The quantitative estimate of drug-likeness (QED) is 0.907. The summed E-state index contributed by atoms with van der Waals surface area (Å²) in [6, 6.07) is 7.90. The van der Waals surface area contributed by atoms with Crippen LogP contribution in [0.2, 0.25) is 0 Å². The molecule has 2 rings (SSSR count). The van der Waals surface area contributed by atoms with E-state index in [4.69, 9.17) is 5.11 Å². The minimum atomic E-state index is -4.31. The van der Waals surface area contributed by atoms with E-state index in [2.05, 4.69) is 0 Å². The lowest BCUT2D eigenvalue weighted by molar-refractivity contribution is -0.135. The molecule has 0 radical (unpaired) electrons. The third-order valence-corrected chi connectivity index (χ3v) is 4.84. The normalized spacial score (nSPS) is 11.3. The number of nitrogens with zero attached hydrogens (tertiary/aromatic N) is 1. The number of aliphatic carboxylic acids is 1. The molecule has 0 aliphatic heterocycles. The zero-order chi connectivity index (χ0) is 17.2. The van der Waals surface area contributed by atoms with Crippen LogP contribution in [0.3, 0.4) is 0 Å². The van der Waals surface area contributed by atoms with Crippen LogP contribution in [0.15, 0.2) is 47.4 Å². The van der Waals surface area contributed by atoms with Crippen molar-refractivity contribution in [1.82, 2.24) is 0 Å². The van der Waals surface area contributed by atoms with Crippen LogP contribution >= 0.6 is 0 Å². The molecule has 8 heteroatoms. The topological polar surface area (TPSA) is 74.7 Å². The van der Waals surface area contributed by atoms with Gasteiger partial charge in [-0.05, 0) is 31.2 Å². The second-order valence-electron chi connectivity index (χ2n) is 4.81. The number of sulfonamides is 1. The highest BCUT2D eigenvalue weighted by Gasteiger charge is 2.29. The van der Waals surface area contributed by atoms with Crippen LogP contribution in [0.25, 0.3) is 0 Å². The molecule has 0 aliphatic rings. The fraction of sp³-hybridized carbons (Fsp3) is 0.133. The monoisotopic (exact) mass is 341 g/mol. The van der Waals surface area contributed by atoms with E-state index in [1.165, 1.54) is 24.3 Å². The second kappa shape index (κ2) is 6.33. The third kappa shape index (κ3) is 3.65. The SMILES string of the molecule is Cc1ccc(S(=O)(=O)N(CC(=O)O)c2ccc(F)cc2F)cc1. The van der Waals surface area contributed by atoms with Gasteiger partial charge in [0.05, 0.1) is 10.6 Å². The molecular formula is C15H13F2NO4S. The van der Waals surface area contributed by atoms with Crippen LogP contribution in [0.1, 0.15) is 5.56 Å². The standard InChI is InChI=1S/C15H13F2NO4S/c1-10-2-5-12(6-3-10)23(21,22)18(9-15(19)20)14-7-4-11(16)8-13(14)17/h2-8H,9H2,1H3,(H,19,20). The summed E-state index contributed by atoms with van der Waals surface area (Å²) in [6.07, 6.45) is 0. The summed E-state index contributed by atoms with van der Waals surface area (Å²) in [7, 11) is -4.31. The molecule has 0 atom stereocenters. The first-order chi connectivity index (χ1) is 10.7. The molecule has 5 nitrogen and oxygen atoms in total. The summed E-state index contributed by atoms with van der Waals surface area (Å²) >= 11 is 0. The highest BCUT2D eigenvalue weighted by atomic mass is 32.2. The molecular weight excluding hydrogens is 328 g/mol. The number of benzene rings is 2. The van der Waals surface area contributed by atoms with Crippen LogP contribution in [0, 0.1) is 18.6 Å². The zero-order valence-electron chi connectivity index (χ0n) is 12.0. The number of carbonyl (C=O) groups is 1. The Morgan fingerprint density at radius 1 is 1.13 bits per heavy atom. The molecule has 122 valence electrons. The smallest absolute Gasteiger partial charge is 0.324 e. The van der Waals surface area contributed by atoms with Gasteiger partial charge in [-0.1, -0.05) is 17.7 Å². The molecule has 2 aromatic rings. The van der Waals surface area contributed by atoms with Crippen LogP contribution in [-0.4, -0.2) is 26.0 Å². The minimum absolute atomic E-state index is 0.187. The first-order valence-corrected chi connectivity index (χ1v) is 7.92. The van der Waals surface area contributed by atoms with Gasteiger partial charge in [-0.2, -0.15) is 0 Å².